The topological polar surface area (TPSA) is 84.4 Å². The summed E-state index contributed by atoms with van der Waals surface area (Å²) in [5.41, 5.74) is 0.952. The Balaban J connectivity index is 1.78. The normalized spacial score (nSPS) is 21.1. The van der Waals surface area contributed by atoms with Gasteiger partial charge in [0, 0.05) is 18.7 Å². The van der Waals surface area contributed by atoms with Gasteiger partial charge in [0.05, 0.1) is 11.5 Å². The minimum absolute atomic E-state index is 0.0502. The highest BCUT2D eigenvalue weighted by atomic mass is 32.1. The van der Waals surface area contributed by atoms with Crippen LogP contribution in [0.1, 0.15) is 79.2 Å². The molecule has 2 atom stereocenters. The van der Waals surface area contributed by atoms with Gasteiger partial charge in [-0.15, -0.1) is 10.2 Å². The molecule has 1 N–H and O–H groups in total. The number of hydrogen-bond donors (Lipinski definition) is 1. The van der Waals surface area contributed by atoms with E-state index in [1.165, 1.54) is 11.3 Å². The molecular weight excluding hydrogens is 412 g/mol. The second kappa shape index (κ2) is 9.04. The first-order valence-electron chi connectivity index (χ1n) is 11.1. The zero-order valence-corrected chi connectivity index (χ0v) is 19.2. The number of anilines is 1. The Morgan fingerprint density at radius 1 is 1.29 bits per heavy atom. The first-order valence-corrected chi connectivity index (χ1v) is 11.9. The molecule has 1 fully saturated rings. The molecule has 0 bridgehead atoms. The van der Waals surface area contributed by atoms with Crippen molar-refractivity contribution in [3.8, 4) is 0 Å². The Morgan fingerprint density at radius 3 is 2.74 bits per heavy atom. The zero-order chi connectivity index (χ0) is 22.0. The lowest BCUT2D eigenvalue weighted by atomic mass is 9.64. The van der Waals surface area contributed by atoms with Gasteiger partial charge in [-0.3, -0.25) is 14.9 Å². The van der Waals surface area contributed by atoms with Crippen molar-refractivity contribution in [1.82, 2.24) is 15.1 Å². The Hall–Kier alpha value is -2.32. The number of benzene rings is 1. The molecule has 0 saturated heterocycles. The van der Waals surface area contributed by atoms with E-state index in [2.05, 4.69) is 29.4 Å². The number of nitrogens with zero attached hydrogens (tertiary/aromatic N) is 3. The highest BCUT2D eigenvalue weighted by Crippen LogP contribution is 2.50. The van der Waals surface area contributed by atoms with Crippen molar-refractivity contribution in [2.45, 2.75) is 76.5 Å². The number of carbonyl (C=O) groups is 2. The summed E-state index contributed by atoms with van der Waals surface area (Å²) in [5.74, 6) is -0.505. The average Bonchev–Trinajstić information content (AvgIpc) is 3.21. The van der Waals surface area contributed by atoms with E-state index in [0.717, 1.165) is 44.1 Å². The van der Waals surface area contributed by atoms with Crippen LogP contribution in [0.25, 0.3) is 0 Å². The van der Waals surface area contributed by atoms with Crippen LogP contribution in [0, 0.1) is 0 Å². The molecular formula is C23H30N4O3S. The third-order valence-electron chi connectivity index (χ3n) is 6.72. The Bertz CT molecular complexity index is 954. The number of ether oxygens (including phenoxy) is 1. The lowest BCUT2D eigenvalue weighted by molar-refractivity contribution is -0.122. The average molecular weight is 443 g/mol. The van der Waals surface area contributed by atoms with E-state index in [4.69, 9.17) is 4.74 Å². The van der Waals surface area contributed by atoms with E-state index in [9.17, 15) is 9.59 Å². The first-order chi connectivity index (χ1) is 15.0. The SMILES string of the molecule is CC[C@@H](C)N1C(=O)c2ccccc2[C@H](C(=O)Nc2nnc(COC)s2)C12CCCCC2. The maximum atomic E-state index is 13.8. The summed E-state index contributed by atoms with van der Waals surface area (Å²) in [4.78, 5) is 29.5. The van der Waals surface area contributed by atoms with Gasteiger partial charge in [-0.25, -0.2) is 0 Å². The van der Waals surface area contributed by atoms with Gasteiger partial charge >= 0.3 is 0 Å². The third kappa shape index (κ3) is 3.87. The molecule has 2 amide bonds. The van der Waals surface area contributed by atoms with E-state index in [1.54, 1.807) is 7.11 Å². The van der Waals surface area contributed by atoms with Crippen molar-refractivity contribution < 1.29 is 14.3 Å². The predicted octanol–water partition coefficient (Wildman–Crippen LogP) is 4.36. The van der Waals surface area contributed by atoms with Crippen molar-refractivity contribution >= 4 is 28.3 Å². The lowest BCUT2D eigenvalue weighted by Gasteiger charge is -2.55. The van der Waals surface area contributed by atoms with Crippen LogP contribution < -0.4 is 5.32 Å². The fraction of sp³-hybridized carbons (Fsp3) is 0.565. The lowest BCUT2D eigenvalue weighted by Crippen LogP contribution is -2.64. The standard InChI is InChI=1S/C23H30N4O3S/c1-4-15(2)27-21(29)17-11-7-6-10-16(17)19(23(27)12-8-5-9-13-23)20(28)24-22-26-25-18(31-22)14-30-3/h6-7,10-11,15,19H,4-5,8-9,12-14H2,1-3H3,(H,24,26,28)/t15-,19-/m1/s1. The minimum Gasteiger partial charge on any atom is -0.377 e. The number of methoxy groups -OCH3 is 1. The summed E-state index contributed by atoms with van der Waals surface area (Å²) in [6.45, 7) is 4.56. The van der Waals surface area contributed by atoms with E-state index in [-0.39, 0.29) is 17.9 Å². The molecule has 2 heterocycles. The van der Waals surface area contributed by atoms with E-state index < -0.39 is 11.5 Å². The molecule has 1 aromatic heterocycles. The van der Waals surface area contributed by atoms with E-state index in [1.807, 2.05) is 29.2 Å². The number of nitrogens with one attached hydrogen (secondary N) is 1. The van der Waals surface area contributed by atoms with Crippen LogP contribution in [0.4, 0.5) is 5.13 Å². The molecule has 1 saturated carbocycles. The second-order valence-electron chi connectivity index (χ2n) is 8.54. The van der Waals surface area contributed by atoms with Crippen LogP contribution in [0.5, 0.6) is 0 Å². The van der Waals surface area contributed by atoms with Gasteiger partial charge in [0.25, 0.3) is 5.91 Å². The minimum atomic E-state index is -0.511. The maximum absolute atomic E-state index is 13.8. The predicted molar refractivity (Wildman–Crippen MR) is 120 cm³/mol. The summed E-state index contributed by atoms with van der Waals surface area (Å²) >= 11 is 1.32. The van der Waals surface area contributed by atoms with Crippen LogP contribution in [0.15, 0.2) is 24.3 Å². The van der Waals surface area contributed by atoms with Gasteiger partial charge < -0.3 is 9.64 Å². The van der Waals surface area contributed by atoms with Gasteiger partial charge in [0.1, 0.15) is 11.6 Å². The molecule has 31 heavy (non-hydrogen) atoms. The molecule has 8 heteroatoms. The smallest absolute Gasteiger partial charge is 0.254 e. The van der Waals surface area contributed by atoms with Crippen molar-refractivity contribution in [3.05, 3.63) is 40.4 Å². The molecule has 7 nitrogen and oxygen atoms in total. The molecule has 166 valence electrons. The second-order valence-corrected chi connectivity index (χ2v) is 9.60. The quantitative estimate of drug-likeness (QED) is 0.718. The van der Waals surface area contributed by atoms with Crippen molar-refractivity contribution in [2.24, 2.45) is 0 Å². The summed E-state index contributed by atoms with van der Waals surface area (Å²) in [5, 5.41) is 12.4. The van der Waals surface area contributed by atoms with Gasteiger partial charge in [0.15, 0.2) is 0 Å². The van der Waals surface area contributed by atoms with Crippen molar-refractivity contribution in [2.75, 3.05) is 12.4 Å². The molecule has 1 aromatic carbocycles. The molecule has 1 spiro atoms. The van der Waals surface area contributed by atoms with Crippen LogP contribution in [-0.4, -0.2) is 45.6 Å². The number of amides is 2. The summed E-state index contributed by atoms with van der Waals surface area (Å²) in [6.07, 6.45) is 5.69. The molecule has 1 aliphatic carbocycles. The Labute approximate surface area is 187 Å². The number of rotatable bonds is 6. The molecule has 0 unspecified atom stereocenters. The van der Waals surface area contributed by atoms with Gasteiger partial charge in [-0.05, 0) is 37.8 Å². The molecule has 4 rings (SSSR count). The molecule has 2 aliphatic rings. The number of aromatic nitrogens is 2. The largest absolute Gasteiger partial charge is 0.377 e. The monoisotopic (exact) mass is 442 g/mol. The van der Waals surface area contributed by atoms with Gasteiger partial charge in [0.2, 0.25) is 11.0 Å². The number of fused-ring (bicyclic) bond motifs is 1. The Kier molecular flexibility index (Phi) is 6.39. The number of carbonyl (C=O) groups excluding carboxylic acids is 2. The van der Waals surface area contributed by atoms with Gasteiger partial charge in [-0.2, -0.15) is 0 Å². The molecule has 0 radical (unpaired) electrons. The summed E-state index contributed by atoms with van der Waals surface area (Å²) < 4.78 is 5.11. The summed E-state index contributed by atoms with van der Waals surface area (Å²) in [6, 6.07) is 7.65. The van der Waals surface area contributed by atoms with Crippen molar-refractivity contribution in [1.29, 1.82) is 0 Å². The van der Waals surface area contributed by atoms with E-state index in [0.29, 0.717) is 22.3 Å². The van der Waals surface area contributed by atoms with Crippen molar-refractivity contribution in [3.63, 3.8) is 0 Å². The molecule has 1 aliphatic heterocycles. The highest BCUT2D eigenvalue weighted by Gasteiger charge is 2.55. The fourth-order valence-corrected chi connectivity index (χ4v) is 5.98. The number of hydrogen-bond acceptors (Lipinski definition) is 6. The Morgan fingerprint density at radius 2 is 2.03 bits per heavy atom. The van der Waals surface area contributed by atoms with Crippen LogP contribution in [-0.2, 0) is 16.1 Å². The molecule has 2 aromatic rings. The van der Waals surface area contributed by atoms with Crippen LogP contribution in [0.3, 0.4) is 0 Å². The fourth-order valence-electron chi connectivity index (χ4n) is 5.27. The first kappa shape index (κ1) is 21.9. The van der Waals surface area contributed by atoms with Crippen LogP contribution in [0.2, 0.25) is 0 Å². The summed E-state index contributed by atoms with van der Waals surface area (Å²) in [7, 11) is 1.60. The third-order valence-corrected chi connectivity index (χ3v) is 7.53. The van der Waals surface area contributed by atoms with E-state index >= 15 is 0 Å². The van der Waals surface area contributed by atoms with Crippen LogP contribution >= 0.6 is 11.3 Å². The van der Waals surface area contributed by atoms with Gasteiger partial charge in [-0.1, -0.05) is 55.7 Å². The highest BCUT2D eigenvalue weighted by molar-refractivity contribution is 7.15. The maximum Gasteiger partial charge on any atom is 0.254 e. The zero-order valence-electron chi connectivity index (χ0n) is 18.4.